The van der Waals surface area contributed by atoms with Gasteiger partial charge < -0.3 is 15.7 Å². The monoisotopic (exact) mass is 250 g/mol. The van der Waals surface area contributed by atoms with Crippen LogP contribution in [0, 0.1) is 5.92 Å². The molecule has 0 aliphatic carbocycles. The fourth-order valence-corrected chi connectivity index (χ4v) is 1.93. The van der Waals surface area contributed by atoms with E-state index in [1.807, 2.05) is 0 Å². The van der Waals surface area contributed by atoms with Crippen molar-refractivity contribution in [2.24, 2.45) is 5.92 Å². The molecule has 4 nitrogen and oxygen atoms in total. The van der Waals surface area contributed by atoms with Gasteiger partial charge in [-0.25, -0.2) is 4.79 Å². The van der Waals surface area contributed by atoms with Crippen LogP contribution in [0.2, 0.25) is 0 Å². The molecule has 0 saturated carbocycles. The number of nitrogens with zero attached hydrogens (tertiary/aromatic N) is 1. The fraction of sp³-hybridized carbons (Fsp3) is 0.500. The first kappa shape index (κ1) is 14.4. The average molecular weight is 250 g/mol. The van der Waals surface area contributed by atoms with E-state index in [1.54, 1.807) is 12.1 Å². The number of carbonyl (C=O) groups is 1. The molecule has 1 aromatic rings. The predicted octanol–water partition coefficient (Wildman–Crippen LogP) is 2.84. The Balaban J connectivity index is 3.09. The predicted molar refractivity (Wildman–Crippen MR) is 75.1 cm³/mol. The summed E-state index contributed by atoms with van der Waals surface area (Å²) in [6.07, 6.45) is 0. The highest BCUT2D eigenvalue weighted by atomic mass is 16.4. The summed E-state index contributed by atoms with van der Waals surface area (Å²) in [6.45, 7) is 9.41. The topological polar surface area (TPSA) is 66.6 Å². The van der Waals surface area contributed by atoms with Crippen molar-refractivity contribution in [3.05, 3.63) is 23.8 Å². The summed E-state index contributed by atoms with van der Waals surface area (Å²) in [7, 11) is 0. The Labute approximate surface area is 108 Å². The van der Waals surface area contributed by atoms with Gasteiger partial charge in [-0.05, 0) is 38.0 Å². The van der Waals surface area contributed by atoms with Gasteiger partial charge in [-0.2, -0.15) is 0 Å². The molecule has 0 aliphatic rings. The van der Waals surface area contributed by atoms with Crippen LogP contribution in [0.1, 0.15) is 38.1 Å². The molecule has 0 aromatic heterocycles. The van der Waals surface area contributed by atoms with Gasteiger partial charge in [-0.3, -0.25) is 0 Å². The lowest BCUT2D eigenvalue weighted by atomic mass is 10.1. The molecular weight excluding hydrogens is 228 g/mol. The lowest BCUT2D eigenvalue weighted by molar-refractivity contribution is 0.0697. The first-order chi connectivity index (χ1) is 8.32. The summed E-state index contributed by atoms with van der Waals surface area (Å²) >= 11 is 0. The Hall–Kier alpha value is -1.71. The highest BCUT2D eigenvalue weighted by molar-refractivity contribution is 5.90. The fourth-order valence-electron chi connectivity index (χ4n) is 1.93. The number of hydrogen-bond donors (Lipinski definition) is 2. The molecule has 3 N–H and O–H groups in total. The molecule has 18 heavy (non-hydrogen) atoms. The zero-order valence-corrected chi connectivity index (χ0v) is 11.5. The minimum absolute atomic E-state index is 0.226. The molecule has 0 amide bonds. The van der Waals surface area contributed by atoms with E-state index in [1.165, 1.54) is 6.07 Å². The van der Waals surface area contributed by atoms with Crippen LogP contribution in [-0.4, -0.2) is 23.7 Å². The summed E-state index contributed by atoms with van der Waals surface area (Å²) in [5, 5.41) is 8.92. The summed E-state index contributed by atoms with van der Waals surface area (Å²) in [4.78, 5) is 13.1. The maximum Gasteiger partial charge on any atom is 0.335 e. The standard InChI is InChI=1S/C14H22N2O2/c1-9(2)8-16(10(3)4)13-6-5-11(14(17)18)7-12(13)15/h5-7,9-10H,8,15H2,1-4H3,(H,17,18). The molecule has 0 fully saturated rings. The van der Waals surface area contributed by atoms with E-state index < -0.39 is 5.97 Å². The third kappa shape index (κ3) is 3.39. The lowest BCUT2D eigenvalue weighted by Crippen LogP contribution is -2.34. The van der Waals surface area contributed by atoms with Crippen molar-refractivity contribution in [2.45, 2.75) is 33.7 Å². The van der Waals surface area contributed by atoms with Gasteiger partial charge in [0, 0.05) is 12.6 Å². The zero-order valence-electron chi connectivity index (χ0n) is 11.5. The number of nitrogens with two attached hydrogens (primary N) is 1. The van der Waals surface area contributed by atoms with Gasteiger partial charge in [0.2, 0.25) is 0 Å². The maximum atomic E-state index is 10.9. The van der Waals surface area contributed by atoms with Crippen LogP contribution >= 0.6 is 0 Å². The Kier molecular flexibility index (Phi) is 4.59. The Morgan fingerprint density at radius 3 is 2.33 bits per heavy atom. The van der Waals surface area contributed by atoms with Crippen molar-refractivity contribution in [3.8, 4) is 0 Å². The number of nitrogen functional groups attached to an aromatic ring is 1. The summed E-state index contributed by atoms with van der Waals surface area (Å²) < 4.78 is 0. The minimum Gasteiger partial charge on any atom is -0.478 e. The van der Waals surface area contributed by atoms with E-state index in [0.29, 0.717) is 17.6 Å². The van der Waals surface area contributed by atoms with Crippen LogP contribution in [0.15, 0.2) is 18.2 Å². The third-order valence-electron chi connectivity index (χ3n) is 2.77. The molecule has 0 spiro atoms. The lowest BCUT2D eigenvalue weighted by Gasteiger charge is -2.31. The van der Waals surface area contributed by atoms with Gasteiger partial charge in [0.25, 0.3) is 0 Å². The molecule has 0 atom stereocenters. The normalized spacial score (nSPS) is 11.0. The van der Waals surface area contributed by atoms with E-state index in [-0.39, 0.29) is 5.56 Å². The van der Waals surface area contributed by atoms with Gasteiger partial charge >= 0.3 is 5.97 Å². The molecule has 0 unspecified atom stereocenters. The van der Waals surface area contributed by atoms with Gasteiger partial charge in [0.15, 0.2) is 0 Å². The number of aromatic carboxylic acids is 1. The number of carboxylic acids is 1. The van der Waals surface area contributed by atoms with Gasteiger partial charge in [0.05, 0.1) is 16.9 Å². The molecule has 4 heteroatoms. The SMILES string of the molecule is CC(C)CN(c1ccc(C(=O)O)cc1N)C(C)C. The van der Waals surface area contributed by atoms with Gasteiger partial charge in [-0.15, -0.1) is 0 Å². The largest absolute Gasteiger partial charge is 0.478 e. The van der Waals surface area contributed by atoms with Crippen molar-refractivity contribution < 1.29 is 9.90 Å². The summed E-state index contributed by atoms with van der Waals surface area (Å²) in [5.41, 5.74) is 7.62. The van der Waals surface area contributed by atoms with Crippen molar-refractivity contribution >= 4 is 17.3 Å². The second kappa shape index (κ2) is 5.76. The van der Waals surface area contributed by atoms with Crippen LogP contribution in [-0.2, 0) is 0 Å². The Morgan fingerprint density at radius 2 is 1.94 bits per heavy atom. The van der Waals surface area contributed by atoms with Crippen LogP contribution in [0.5, 0.6) is 0 Å². The molecule has 1 aromatic carbocycles. The average Bonchev–Trinajstić information content (AvgIpc) is 2.25. The highest BCUT2D eigenvalue weighted by Gasteiger charge is 2.16. The molecular formula is C14H22N2O2. The first-order valence-corrected chi connectivity index (χ1v) is 6.22. The number of benzene rings is 1. The number of hydrogen-bond acceptors (Lipinski definition) is 3. The summed E-state index contributed by atoms with van der Waals surface area (Å²) in [6, 6.07) is 5.24. The highest BCUT2D eigenvalue weighted by Crippen LogP contribution is 2.27. The van der Waals surface area contributed by atoms with E-state index in [4.69, 9.17) is 10.8 Å². The Morgan fingerprint density at radius 1 is 1.33 bits per heavy atom. The van der Waals surface area contributed by atoms with Crippen LogP contribution < -0.4 is 10.6 Å². The number of rotatable bonds is 5. The molecule has 1 rings (SSSR count). The van der Waals surface area contributed by atoms with Crippen molar-refractivity contribution in [3.63, 3.8) is 0 Å². The maximum absolute atomic E-state index is 10.9. The van der Waals surface area contributed by atoms with Crippen LogP contribution in [0.25, 0.3) is 0 Å². The molecule has 0 aliphatic heterocycles. The Bertz CT molecular complexity index is 428. The molecule has 100 valence electrons. The van der Waals surface area contributed by atoms with Crippen LogP contribution in [0.4, 0.5) is 11.4 Å². The number of carboxylic acid groups (broad SMARTS) is 1. The van der Waals surface area contributed by atoms with Gasteiger partial charge in [0.1, 0.15) is 0 Å². The summed E-state index contributed by atoms with van der Waals surface area (Å²) in [5.74, 6) is -0.431. The van der Waals surface area contributed by atoms with Gasteiger partial charge in [-0.1, -0.05) is 13.8 Å². The molecule has 0 heterocycles. The quantitative estimate of drug-likeness (QED) is 0.789. The van der Waals surface area contributed by atoms with E-state index in [0.717, 1.165) is 12.2 Å². The van der Waals surface area contributed by atoms with E-state index in [9.17, 15) is 4.79 Å². The first-order valence-electron chi connectivity index (χ1n) is 6.22. The van der Waals surface area contributed by atoms with Crippen molar-refractivity contribution in [2.75, 3.05) is 17.2 Å². The zero-order chi connectivity index (χ0) is 13.9. The smallest absolute Gasteiger partial charge is 0.335 e. The second-order valence-corrected chi connectivity index (χ2v) is 5.22. The van der Waals surface area contributed by atoms with E-state index >= 15 is 0 Å². The van der Waals surface area contributed by atoms with Crippen molar-refractivity contribution in [1.82, 2.24) is 0 Å². The second-order valence-electron chi connectivity index (χ2n) is 5.22. The van der Waals surface area contributed by atoms with Crippen LogP contribution in [0.3, 0.4) is 0 Å². The third-order valence-corrected chi connectivity index (χ3v) is 2.77. The molecule has 0 bridgehead atoms. The number of anilines is 2. The molecule has 0 radical (unpaired) electrons. The van der Waals surface area contributed by atoms with Crippen molar-refractivity contribution in [1.29, 1.82) is 0 Å². The minimum atomic E-state index is -0.951. The molecule has 0 saturated heterocycles. The van der Waals surface area contributed by atoms with E-state index in [2.05, 4.69) is 32.6 Å².